The molecule has 6 heteroatoms. The van der Waals surface area contributed by atoms with E-state index in [1.807, 2.05) is 30.5 Å². The molecule has 2 aromatic carbocycles. The van der Waals surface area contributed by atoms with Gasteiger partial charge in [-0.05, 0) is 70.1 Å². The maximum atomic E-state index is 14.7. The largest absolute Gasteiger partial charge is 0.299 e. The van der Waals surface area contributed by atoms with Crippen molar-refractivity contribution in [2.24, 2.45) is 0 Å². The quantitative estimate of drug-likeness (QED) is 0.252. The molecule has 37 heavy (non-hydrogen) atoms. The maximum Gasteiger partial charge on any atom is 0.160 e. The summed E-state index contributed by atoms with van der Waals surface area (Å²) in [5.41, 5.74) is 7.07. The number of fused-ring (bicyclic) bond motifs is 2. The van der Waals surface area contributed by atoms with Gasteiger partial charge in [-0.25, -0.2) is 14.4 Å². The number of benzene rings is 2. The second-order valence-electron chi connectivity index (χ2n) is 10.2. The van der Waals surface area contributed by atoms with Crippen molar-refractivity contribution in [3.8, 4) is 33.5 Å². The van der Waals surface area contributed by atoms with Crippen LogP contribution in [0.25, 0.3) is 44.5 Å². The number of hydrogen-bond acceptors (Lipinski definition) is 4. The predicted molar refractivity (Wildman–Crippen MR) is 145 cm³/mol. The zero-order valence-electron chi connectivity index (χ0n) is 20.4. The van der Waals surface area contributed by atoms with E-state index in [9.17, 15) is 9.18 Å². The fourth-order valence-electron chi connectivity index (χ4n) is 5.28. The first-order valence-electron chi connectivity index (χ1n) is 12.1. The van der Waals surface area contributed by atoms with Crippen LogP contribution in [-0.2, 0) is 16.6 Å². The molecule has 5 aromatic rings. The smallest absolute Gasteiger partial charge is 0.160 e. The third kappa shape index (κ3) is 4.30. The lowest BCUT2D eigenvalue weighted by Crippen LogP contribution is -2.29. The summed E-state index contributed by atoms with van der Waals surface area (Å²) in [6.07, 6.45) is 6.33. The highest BCUT2D eigenvalue weighted by Gasteiger charge is 2.32. The first-order valence-corrected chi connectivity index (χ1v) is 12.5. The van der Waals surface area contributed by atoms with Gasteiger partial charge in [-0.2, -0.15) is 0 Å². The Morgan fingerprint density at radius 1 is 0.919 bits per heavy atom. The summed E-state index contributed by atoms with van der Waals surface area (Å²) in [6.45, 7) is 4.24. The number of halogens is 2. The first kappa shape index (κ1) is 23.4. The average Bonchev–Trinajstić information content (AvgIpc) is 2.89. The molecular weight excluding hydrogens is 485 g/mol. The molecule has 0 radical (unpaired) electrons. The van der Waals surface area contributed by atoms with Crippen LogP contribution in [0.5, 0.6) is 0 Å². The Bertz CT molecular complexity index is 1710. The topological polar surface area (TPSA) is 55.7 Å². The van der Waals surface area contributed by atoms with Crippen molar-refractivity contribution in [1.29, 1.82) is 0 Å². The summed E-state index contributed by atoms with van der Waals surface area (Å²) in [5, 5.41) is 1.28. The van der Waals surface area contributed by atoms with Crippen LogP contribution in [0.15, 0.2) is 79.3 Å². The van der Waals surface area contributed by atoms with Crippen molar-refractivity contribution in [3.05, 3.63) is 101 Å². The Kier molecular flexibility index (Phi) is 5.61. The molecule has 0 unspecified atom stereocenters. The maximum absolute atomic E-state index is 14.7. The van der Waals surface area contributed by atoms with Gasteiger partial charge in [0.1, 0.15) is 11.6 Å². The molecule has 3 heterocycles. The fourth-order valence-corrected chi connectivity index (χ4v) is 5.45. The Morgan fingerprint density at radius 2 is 1.76 bits per heavy atom. The van der Waals surface area contributed by atoms with Gasteiger partial charge in [-0.3, -0.25) is 9.78 Å². The van der Waals surface area contributed by atoms with Crippen LogP contribution in [0.1, 0.15) is 31.4 Å². The summed E-state index contributed by atoms with van der Waals surface area (Å²) >= 11 is 6.17. The molecule has 0 fully saturated rings. The van der Waals surface area contributed by atoms with Crippen LogP contribution in [0.4, 0.5) is 4.39 Å². The highest BCUT2D eigenvalue weighted by Crippen LogP contribution is 2.39. The Morgan fingerprint density at radius 3 is 2.62 bits per heavy atom. The molecule has 0 amide bonds. The summed E-state index contributed by atoms with van der Waals surface area (Å²) in [4.78, 5) is 25.8. The Balaban J connectivity index is 1.50. The van der Waals surface area contributed by atoms with E-state index in [-0.39, 0.29) is 11.2 Å². The van der Waals surface area contributed by atoms with Gasteiger partial charge in [0.15, 0.2) is 5.65 Å². The molecule has 182 valence electrons. The van der Waals surface area contributed by atoms with Gasteiger partial charge in [0, 0.05) is 58.5 Å². The van der Waals surface area contributed by atoms with Gasteiger partial charge in [0.2, 0.25) is 0 Å². The number of Topliss-reactive ketones (excluding diaryl/α,β-unsaturated/α-hetero) is 1. The number of aromatic nitrogens is 3. The Hall–Kier alpha value is -3.96. The highest BCUT2D eigenvalue weighted by molar-refractivity contribution is 6.30. The van der Waals surface area contributed by atoms with E-state index in [2.05, 4.69) is 47.0 Å². The Labute approximate surface area is 219 Å². The van der Waals surface area contributed by atoms with Gasteiger partial charge < -0.3 is 0 Å². The standard InChI is InChI=1S/C31H23ClFN3O/c1-31(2)15-23(37)11-19-6-5-18(12-27(19)31)20-10-21(17-34-16-20)25-14-29(26-13-22(32)7-8-28(26)33)36-30-24(25)4-3-9-35-30/h3-10,12-14,16-17H,11,15H2,1-2H3. The molecule has 0 aliphatic heterocycles. The van der Waals surface area contributed by atoms with E-state index in [0.29, 0.717) is 34.8 Å². The molecule has 0 spiro atoms. The molecule has 1 aliphatic carbocycles. The van der Waals surface area contributed by atoms with E-state index < -0.39 is 5.82 Å². The minimum absolute atomic E-state index is 0.214. The van der Waals surface area contributed by atoms with Crippen LogP contribution >= 0.6 is 11.6 Å². The van der Waals surface area contributed by atoms with Crippen molar-refractivity contribution in [2.45, 2.75) is 32.1 Å². The average molecular weight is 508 g/mol. The minimum atomic E-state index is -0.403. The number of carbonyl (C=O) groups excluding carboxylic acids is 1. The third-order valence-electron chi connectivity index (χ3n) is 7.04. The van der Waals surface area contributed by atoms with Crippen LogP contribution < -0.4 is 0 Å². The van der Waals surface area contributed by atoms with Crippen molar-refractivity contribution < 1.29 is 9.18 Å². The number of ketones is 1. The lowest BCUT2D eigenvalue weighted by molar-refractivity contribution is -0.120. The summed E-state index contributed by atoms with van der Waals surface area (Å²) in [7, 11) is 0. The molecule has 0 bridgehead atoms. The molecule has 0 saturated heterocycles. The molecular formula is C31H23ClFN3O. The molecule has 0 N–H and O–H groups in total. The van der Waals surface area contributed by atoms with Crippen molar-refractivity contribution in [2.75, 3.05) is 0 Å². The third-order valence-corrected chi connectivity index (χ3v) is 7.27. The lowest BCUT2D eigenvalue weighted by Gasteiger charge is -2.32. The summed E-state index contributed by atoms with van der Waals surface area (Å²) in [5.74, 6) is -0.126. The van der Waals surface area contributed by atoms with E-state index in [1.165, 1.54) is 17.7 Å². The van der Waals surface area contributed by atoms with E-state index in [1.54, 1.807) is 18.5 Å². The van der Waals surface area contributed by atoms with Crippen molar-refractivity contribution in [1.82, 2.24) is 15.0 Å². The zero-order valence-corrected chi connectivity index (χ0v) is 21.2. The molecule has 6 rings (SSSR count). The van der Waals surface area contributed by atoms with Gasteiger partial charge >= 0.3 is 0 Å². The van der Waals surface area contributed by atoms with Gasteiger partial charge in [0.05, 0.1) is 5.69 Å². The van der Waals surface area contributed by atoms with Gasteiger partial charge in [-0.1, -0.05) is 43.6 Å². The SMILES string of the molecule is CC1(C)CC(=O)Cc2ccc(-c3cncc(-c4cc(-c5cc(Cl)ccc5F)nc5ncccc45)c3)cc21. The van der Waals surface area contributed by atoms with Crippen LogP contribution in [0.2, 0.25) is 5.02 Å². The van der Waals surface area contributed by atoms with E-state index in [4.69, 9.17) is 11.6 Å². The number of hydrogen-bond donors (Lipinski definition) is 0. The van der Waals surface area contributed by atoms with Crippen LogP contribution in [0.3, 0.4) is 0 Å². The molecule has 3 aromatic heterocycles. The first-order chi connectivity index (χ1) is 17.8. The summed E-state index contributed by atoms with van der Waals surface area (Å²) < 4.78 is 14.7. The van der Waals surface area contributed by atoms with E-state index >= 15 is 0 Å². The molecule has 0 atom stereocenters. The highest BCUT2D eigenvalue weighted by atomic mass is 35.5. The number of pyridine rings is 3. The van der Waals surface area contributed by atoms with E-state index in [0.717, 1.165) is 33.2 Å². The second kappa shape index (κ2) is 8.86. The monoisotopic (exact) mass is 507 g/mol. The van der Waals surface area contributed by atoms with Crippen LogP contribution in [-0.4, -0.2) is 20.7 Å². The molecule has 4 nitrogen and oxygen atoms in total. The second-order valence-corrected chi connectivity index (χ2v) is 10.6. The fraction of sp³-hybridized carbons (Fsp3) is 0.161. The number of rotatable bonds is 3. The summed E-state index contributed by atoms with van der Waals surface area (Å²) in [6, 6.07) is 18.5. The van der Waals surface area contributed by atoms with Crippen molar-refractivity contribution >= 4 is 28.4 Å². The predicted octanol–water partition coefficient (Wildman–Crippen LogP) is 7.61. The number of nitrogens with zero attached hydrogens (tertiary/aromatic N) is 3. The normalized spacial score (nSPS) is 14.5. The zero-order chi connectivity index (χ0) is 25.7. The van der Waals surface area contributed by atoms with Gasteiger partial charge in [-0.15, -0.1) is 0 Å². The lowest BCUT2D eigenvalue weighted by atomic mass is 9.71. The molecule has 1 aliphatic rings. The molecule has 0 saturated carbocycles. The number of carbonyl (C=O) groups is 1. The van der Waals surface area contributed by atoms with Crippen LogP contribution in [0, 0.1) is 5.82 Å². The minimum Gasteiger partial charge on any atom is -0.299 e. The van der Waals surface area contributed by atoms with Gasteiger partial charge in [0.25, 0.3) is 0 Å². The van der Waals surface area contributed by atoms with Crippen molar-refractivity contribution in [3.63, 3.8) is 0 Å².